The van der Waals surface area contributed by atoms with Crippen molar-refractivity contribution in [3.63, 3.8) is 0 Å². The van der Waals surface area contributed by atoms with Gasteiger partial charge in [-0.2, -0.15) is 17.5 Å². The molecule has 0 bridgehead atoms. The van der Waals surface area contributed by atoms with Gasteiger partial charge in [0.1, 0.15) is 5.69 Å². The number of nitro benzene ring substituents is 1. The molecule has 0 aromatic heterocycles. The largest absolute Gasteiger partial charge is 0.416 e. The van der Waals surface area contributed by atoms with Gasteiger partial charge in [-0.15, -0.1) is 0 Å². The second kappa shape index (κ2) is 8.60. The van der Waals surface area contributed by atoms with E-state index in [1.165, 1.54) is 28.6 Å². The Kier molecular flexibility index (Phi) is 6.32. The SMILES string of the molecule is O=[N+]([O-])c1cc(S(=O)(=O)N2CCCC2)ccc1NCCc1ccc(C(F)(F)F)cc1. The second-order valence-corrected chi connectivity index (χ2v) is 8.86. The zero-order chi connectivity index (χ0) is 21.9. The summed E-state index contributed by atoms with van der Waals surface area (Å²) in [5, 5.41) is 14.3. The van der Waals surface area contributed by atoms with E-state index in [0.29, 0.717) is 25.1 Å². The highest BCUT2D eigenvalue weighted by Crippen LogP contribution is 2.31. The number of hydrogen-bond donors (Lipinski definition) is 1. The van der Waals surface area contributed by atoms with Crippen LogP contribution in [0.25, 0.3) is 0 Å². The van der Waals surface area contributed by atoms with Gasteiger partial charge in [0.05, 0.1) is 15.4 Å². The summed E-state index contributed by atoms with van der Waals surface area (Å²) in [5.74, 6) is 0. The average molecular weight is 443 g/mol. The molecule has 0 aliphatic carbocycles. The van der Waals surface area contributed by atoms with Crippen LogP contribution in [0.1, 0.15) is 24.0 Å². The molecule has 1 N–H and O–H groups in total. The summed E-state index contributed by atoms with van der Waals surface area (Å²) in [6, 6.07) is 8.37. The fourth-order valence-electron chi connectivity index (χ4n) is 3.25. The van der Waals surface area contributed by atoms with Gasteiger partial charge in [0.2, 0.25) is 10.0 Å². The van der Waals surface area contributed by atoms with Crippen LogP contribution in [-0.4, -0.2) is 37.3 Å². The van der Waals surface area contributed by atoms with Gasteiger partial charge in [0.15, 0.2) is 0 Å². The third-order valence-electron chi connectivity index (χ3n) is 4.88. The maximum absolute atomic E-state index is 12.6. The number of nitrogens with one attached hydrogen (secondary N) is 1. The Morgan fingerprint density at radius 3 is 2.27 bits per heavy atom. The number of anilines is 1. The van der Waals surface area contributed by atoms with E-state index in [9.17, 15) is 31.7 Å². The highest BCUT2D eigenvalue weighted by Gasteiger charge is 2.30. The van der Waals surface area contributed by atoms with E-state index >= 15 is 0 Å². The molecule has 1 aliphatic heterocycles. The zero-order valence-electron chi connectivity index (χ0n) is 15.9. The topological polar surface area (TPSA) is 92.5 Å². The fraction of sp³-hybridized carbons (Fsp3) is 0.368. The van der Waals surface area contributed by atoms with E-state index in [2.05, 4.69) is 5.32 Å². The number of nitrogens with zero attached hydrogens (tertiary/aromatic N) is 2. The number of hydrogen-bond acceptors (Lipinski definition) is 5. The quantitative estimate of drug-likeness (QED) is 0.515. The van der Waals surface area contributed by atoms with Gasteiger partial charge in [-0.1, -0.05) is 12.1 Å². The molecule has 162 valence electrons. The number of halogens is 3. The third-order valence-corrected chi connectivity index (χ3v) is 6.77. The molecular formula is C19H20F3N3O4S. The first-order valence-electron chi connectivity index (χ1n) is 9.27. The van der Waals surface area contributed by atoms with E-state index in [0.717, 1.165) is 31.0 Å². The summed E-state index contributed by atoms with van der Waals surface area (Å²) in [5.41, 5.74) is -0.342. The van der Waals surface area contributed by atoms with Gasteiger partial charge in [-0.05, 0) is 49.1 Å². The Morgan fingerprint density at radius 1 is 1.07 bits per heavy atom. The summed E-state index contributed by atoms with van der Waals surface area (Å²) in [6.07, 6.45) is -2.56. The molecule has 30 heavy (non-hydrogen) atoms. The molecule has 0 radical (unpaired) electrons. The minimum atomic E-state index is -4.41. The van der Waals surface area contributed by atoms with Crippen molar-refractivity contribution in [1.82, 2.24) is 4.31 Å². The molecule has 11 heteroatoms. The number of alkyl halides is 3. The van der Waals surface area contributed by atoms with Crippen LogP contribution in [-0.2, 0) is 22.6 Å². The molecule has 1 saturated heterocycles. The molecule has 7 nitrogen and oxygen atoms in total. The molecular weight excluding hydrogens is 423 g/mol. The summed E-state index contributed by atoms with van der Waals surface area (Å²) in [4.78, 5) is 10.6. The third kappa shape index (κ3) is 4.90. The lowest BCUT2D eigenvalue weighted by molar-refractivity contribution is -0.384. The summed E-state index contributed by atoms with van der Waals surface area (Å²) < 4.78 is 64.4. The first kappa shape index (κ1) is 22.0. The van der Waals surface area contributed by atoms with E-state index in [-0.39, 0.29) is 22.8 Å². The van der Waals surface area contributed by atoms with E-state index < -0.39 is 26.7 Å². The summed E-state index contributed by atoms with van der Waals surface area (Å²) >= 11 is 0. The van der Waals surface area contributed by atoms with Gasteiger partial charge in [0, 0.05) is 25.7 Å². The van der Waals surface area contributed by atoms with Crippen molar-refractivity contribution in [3.8, 4) is 0 Å². The molecule has 0 unspecified atom stereocenters. The van der Waals surface area contributed by atoms with Crippen molar-refractivity contribution in [2.24, 2.45) is 0 Å². The molecule has 0 saturated carbocycles. The monoisotopic (exact) mass is 443 g/mol. The van der Waals surface area contributed by atoms with Crippen molar-refractivity contribution in [1.29, 1.82) is 0 Å². The van der Waals surface area contributed by atoms with Gasteiger partial charge in [-0.25, -0.2) is 8.42 Å². The lowest BCUT2D eigenvalue weighted by atomic mass is 10.1. The van der Waals surface area contributed by atoms with Crippen LogP contribution in [0.3, 0.4) is 0 Å². The molecule has 2 aromatic rings. The highest BCUT2D eigenvalue weighted by atomic mass is 32.2. The molecule has 3 rings (SSSR count). The minimum absolute atomic E-state index is 0.135. The Labute approximate surface area is 171 Å². The van der Waals surface area contributed by atoms with Crippen molar-refractivity contribution < 1.29 is 26.5 Å². The number of sulfonamides is 1. The first-order chi connectivity index (χ1) is 14.1. The summed E-state index contributed by atoms with van der Waals surface area (Å²) in [6.45, 7) is 1.01. The van der Waals surface area contributed by atoms with Gasteiger partial charge >= 0.3 is 6.18 Å². The van der Waals surface area contributed by atoms with E-state index in [4.69, 9.17) is 0 Å². The maximum Gasteiger partial charge on any atom is 0.416 e. The molecule has 0 atom stereocenters. The van der Waals surface area contributed by atoms with Crippen molar-refractivity contribution in [2.75, 3.05) is 25.0 Å². The van der Waals surface area contributed by atoms with Crippen LogP contribution in [0.15, 0.2) is 47.4 Å². The minimum Gasteiger partial charge on any atom is -0.379 e. The lowest BCUT2D eigenvalue weighted by Gasteiger charge is -2.16. The Hall–Kier alpha value is -2.66. The molecule has 1 heterocycles. The summed E-state index contributed by atoms with van der Waals surface area (Å²) in [7, 11) is -3.78. The predicted molar refractivity (Wildman–Crippen MR) is 105 cm³/mol. The van der Waals surface area contributed by atoms with Crippen molar-refractivity contribution in [2.45, 2.75) is 30.3 Å². The van der Waals surface area contributed by atoms with Crippen LogP contribution < -0.4 is 5.32 Å². The smallest absolute Gasteiger partial charge is 0.379 e. The maximum atomic E-state index is 12.6. The average Bonchev–Trinajstić information content (AvgIpc) is 3.23. The van der Waals surface area contributed by atoms with Crippen LogP contribution in [0.5, 0.6) is 0 Å². The van der Waals surface area contributed by atoms with Gasteiger partial charge in [-0.3, -0.25) is 10.1 Å². The fourth-order valence-corrected chi connectivity index (χ4v) is 4.79. The van der Waals surface area contributed by atoms with E-state index in [1.54, 1.807) is 0 Å². The number of benzene rings is 2. The second-order valence-electron chi connectivity index (χ2n) is 6.92. The molecule has 0 amide bonds. The normalized spacial score (nSPS) is 15.3. The van der Waals surface area contributed by atoms with Gasteiger partial charge in [0.25, 0.3) is 5.69 Å². The van der Waals surface area contributed by atoms with Crippen LogP contribution in [0, 0.1) is 10.1 Å². The Balaban J connectivity index is 1.71. The van der Waals surface area contributed by atoms with Crippen LogP contribution in [0.4, 0.5) is 24.5 Å². The Morgan fingerprint density at radius 2 is 1.70 bits per heavy atom. The van der Waals surface area contributed by atoms with Crippen molar-refractivity contribution in [3.05, 3.63) is 63.7 Å². The number of rotatable bonds is 7. The zero-order valence-corrected chi connectivity index (χ0v) is 16.7. The standard InChI is InChI=1S/C19H20F3N3O4S/c20-19(21,22)15-5-3-14(4-6-15)9-10-23-17-8-7-16(13-18(17)25(26)27)30(28,29)24-11-1-2-12-24/h3-8,13,23H,1-2,9-12H2. The lowest BCUT2D eigenvalue weighted by Crippen LogP contribution is -2.27. The molecule has 1 fully saturated rings. The van der Waals surface area contributed by atoms with Crippen LogP contribution >= 0.6 is 0 Å². The molecule has 1 aliphatic rings. The number of nitro groups is 1. The Bertz CT molecular complexity index is 1020. The molecule has 0 spiro atoms. The highest BCUT2D eigenvalue weighted by molar-refractivity contribution is 7.89. The van der Waals surface area contributed by atoms with E-state index in [1.807, 2.05) is 0 Å². The van der Waals surface area contributed by atoms with Crippen LogP contribution in [0.2, 0.25) is 0 Å². The van der Waals surface area contributed by atoms with Gasteiger partial charge < -0.3 is 5.32 Å². The predicted octanol–water partition coefficient (Wildman–Crippen LogP) is 4.05. The van der Waals surface area contributed by atoms with Crippen molar-refractivity contribution >= 4 is 21.4 Å². The molecule has 2 aromatic carbocycles. The first-order valence-corrected chi connectivity index (χ1v) is 10.7.